The van der Waals surface area contributed by atoms with Crippen LogP contribution < -0.4 is 10.6 Å². The summed E-state index contributed by atoms with van der Waals surface area (Å²) in [5.74, 6) is -0.121. The summed E-state index contributed by atoms with van der Waals surface area (Å²) in [5.41, 5.74) is 1.10. The number of aliphatic hydroxyl groups is 2. The molecule has 11 heteroatoms. The molecule has 2 aromatic rings. The van der Waals surface area contributed by atoms with Crippen molar-refractivity contribution < 1.29 is 24.6 Å². The highest BCUT2D eigenvalue weighted by Crippen LogP contribution is 2.28. The van der Waals surface area contributed by atoms with Gasteiger partial charge in [0.15, 0.2) is 5.52 Å². The second kappa shape index (κ2) is 26.0. The maximum Gasteiger partial charge on any atom is 0.300 e. The number of nitro benzene ring substituents is 1. The molecule has 11 nitrogen and oxygen atoms in total. The molecule has 0 aliphatic heterocycles. The van der Waals surface area contributed by atoms with Crippen LogP contribution in [0.5, 0.6) is 0 Å². The fourth-order valence-corrected chi connectivity index (χ4v) is 5.83. The number of fused-ring (bicyclic) bond motifs is 1. The van der Waals surface area contributed by atoms with E-state index in [1.807, 2.05) is 6.08 Å². The monoisotopic (exact) mass is 659 g/mol. The van der Waals surface area contributed by atoms with Crippen molar-refractivity contribution >= 4 is 28.3 Å². The highest BCUT2D eigenvalue weighted by atomic mass is 16.6. The fraction of sp³-hybridized carbons (Fsp3) is 0.750. The number of carbonyl (C=O) groups excluding carboxylic acids is 1. The van der Waals surface area contributed by atoms with Crippen molar-refractivity contribution in [1.29, 1.82) is 0 Å². The second-order valence-electron chi connectivity index (χ2n) is 12.8. The van der Waals surface area contributed by atoms with E-state index in [-0.39, 0.29) is 23.7 Å². The molecule has 0 saturated heterocycles. The van der Waals surface area contributed by atoms with Crippen LogP contribution in [0.25, 0.3) is 11.0 Å². The second-order valence-corrected chi connectivity index (χ2v) is 12.8. The van der Waals surface area contributed by atoms with E-state index in [0.717, 1.165) is 77.2 Å². The number of nitro groups is 1. The number of aliphatic hydroxyl groups excluding tert-OH is 2. The van der Waals surface area contributed by atoms with Crippen LogP contribution in [0.4, 0.5) is 11.4 Å². The summed E-state index contributed by atoms with van der Waals surface area (Å²) >= 11 is 0. The summed E-state index contributed by atoms with van der Waals surface area (Å²) in [4.78, 5) is 23.0. The van der Waals surface area contributed by atoms with Gasteiger partial charge in [-0.25, -0.2) is 4.63 Å². The van der Waals surface area contributed by atoms with Gasteiger partial charge in [-0.05, 0) is 42.1 Å². The Morgan fingerprint density at radius 2 is 1.40 bits per heavy atom. The molecule has 0 radical (unpaired) electrons. The normalized spacial score (nSPS) is 12.9. The smallest absolute Gasteiger partial charge is 0.300 e. The minimum absolute atomic E-state index is 0.117. The molecular formula is C36H61N5O6. The Balaban J connectivity index is 1.41. The summed E-state index contributed by atoms with van der Waals surface area (Å²) in [6.45, 7) is 2.71. The molecule has 1 aromatic heterocycles. The first kappa shape index (κ1) is 40.1. The lowest BCUT2D eigenvalue weighted by atomic mass is 10.0. The minimum Gasteiger partial charge on any atom is -0.394 e. The maximum absolute atomic E-state index is 12.3. The molecule has 1 aromatic carbocycles. The van der Waals surface area contributed by atoms with Gasteiger partial charge in [-0.15, -0.1) is 0 Å². The summed E-state index contributed by atoms with van der Waals surface area (Å²) in [5, 5.41) is 44.7. The third-order valence-corrected chi connectivity index (χ3v) is 8.75. The van der Waals surface area contributed by atoms with Crippen molar-refractivity contribution in [2.75, 3.05) is 18.5 Å². The summed E-state index contributed by atoms with van der Waals surface area (Å²) < 4.78 is 4.70. The maximum atomic E-state index is 12.3. The first-order chi connectivity index (χ1) is 23.0. The topological polar surface area (TPSA) is 164 Å². The quantitative estimate of drug-likeness (QED) is 0.0278. The number of allylic oxidation sites excluding steroid dienone is 1. The van der Waals surface area contributed by atoms with E-state index in [2.05, 4.69) is 27.9 Å². The van der Waals surface area contributed by atoms with Crippen molar-refractivity contribution in [3.05, 3.63) is 34.4 Å². The Bertz CT molecular complexity index is 1140. The number of carbonyl (C=O) groups is 1. The van der Waals surface area contributed by atoms with Crippen molar-refractivity contribution in [1.82, 2.24) is 15.6 Å². The Morgan fingerprint density at radius 3 is 2.00 bits per heavy atom. The summed E-state index contributed by atoms with van der Waals surface area (Å²) in [7, 11) is 0. The zero-order valence-electron chi connectivity index (χ0n) is 28.8. The molecule has 4 N–H and O–H groups in total. The Labute approximate surface area is 281 Å². The summed E-state index contributed by atoms with van der Waals surface area (Å²) in [6, 6.07) is 2.39. The molecular weight excluding hydrogens is 598 g/mol. The Hall–Kier alpha value is -3.05. The number of amides is 1. The Morgan fingerprint density at radius 1 is 0.851 bits per heavy atom. The average Bonchev–Trinajstić information content (AvgIpc) is 3.56. The van der Waals surface area contributed by atoms with Crippen molar-refractivity contribution in [2.45, 2.75) is 160 Å². The average molecular weight is 660 g/mol. The zero-order chi connectivity index (χ0) is 34.0. The van der Waals surface area contributed by atoms with E-state index in [9.17, 15) is 25.1 Å². The van der Waals surface area contributed by atoms with Crippen LogP contribution in [0.1, 0.15) is 148 Å². The molecule has 0 spiro atoms. The fourth-order valence-electron chi connectivity index (χ4n) is 5.83. The van der Waals surface area contributed by atoms with Gasteiger partial charge in [-0.1, -0.05) is 128 Å². The van der Waals surface area contributed by atoms with E-state index in [1.54, 1.807) is 12.1 Å². The number of hydrogen-bond donors (Lipinski definition) is 4. The molecule has 2 rings (SSSR count). The molecule has 0 bridgehead atoms. The molecule has 2 atom stereocenters. The molecule has 2 unspecified atom stereocenters. The third kappa shape index (κ3) is 17.6. The number of aromatic nitrogens is 2. The van der Waals surface area contributed by atoms with Gasteiger partial charge in [0, 0.05) is 19.0 Å². The zero-order valence-corrected chi connectivity index (χ0v) is 28.8. The minimum atomic E-state index is -0.878. The number of nitrogens with zero attached hydrogens (tertiary/aromatic N) is 3. The van der Waals surface area contributed by atoms with Gasteiger partial charge in [0.05, 0.1) is 29.4 Å². The van der Waals surface area contributed by atoms with Crippen molar-refractivity contribution in [3.63, 3.8) is 0 Å². The number of unbranched alkanes of at least 4 members (excludes halogenated alkanes) is 19. The van der Waals surface area contributed by atoms with E-state index >= 15 is 0 Å². The van der Waals surface area contributed by atoms with Crippen LogP contribution in [0.3, 0.4) is 0 Å². The standard InChI is InChI=1S/C36H61N5O6/c1-2-3-4-5-6-7-8-9-10-12-15-18-21-24-33(43)31(29-42)38-34(44)25-22-19-16-13-11-14-17-20-23-28-37-30-26-27-32(41(45)46)36-35(30)39-47-40-36/h21,24,26-27,31,33,37,42-43H,2-20,22-23,25,28-29H2,1H3,(H,38,44)/b24-21+. The van der Waals surface area contributed by atoms with Crippen LogP contribution >= 0.6 is 0 Å². The lowest BCUT2D eigenvalue weighted by molar-refractivity contribution is -0.383. The predicted octanol–water partition coefficient (Wildman–Crippen LogP) is 8.54. The van der Waals surface area contributed by atoms with Crippen LogP contribution in [0.15, 0.2) is 28.9 Å². The SMILES string of the molecule is CCCCCCCCCCCCC/C=C/C(O)C(CO)NC(=O)CCCCCCCCCCCNc1ccc([N+](=O)[O-])c2nonc12. The van der Waals surface area contributed by atoms with Gasteiger partial charge in [0.1, 0.15) is 0 Å². The highest BCUT2D eigenvalue weighted by Gasteiger charge is 2.19. The van der Waals surface area contributed by atoms with Gasteiger partial charge < -0.3 is 20.8 Å². The van der Waals surface area contributed by atoms with Gasteiger partial charge in [0.25, 0.3) is 0 Å². The molecule has 47 heavy (non-hydrogen) atoms. The van der Waals surface area contributed by atoms with Crippen LogP contribution in [-0.2, 0) is 4.79 Å². The number of hydrogen-bond acceptors (Lipinski definition) is 9. The van der Waals surface area contributed by atoms with Gasteiger partial charge in [-0.3, -0.25) is 14.9 Å². The van der Waals surface area contributed by atoms with Crippen molar-refractivity contribution in [3.8, 4) is 0 Å². The number of rotatable bonds is 30. The molecule has 0 aliphatic carbocycles. The number of non-ortho nitro benzene ring substituents is 1. The van der Waals surface area contributed by atoms with E-state index < -0.39 is 17.1 Å². The number of nitrogens with one attached hydrogen (secondary N) is 2. The van der Waals surface area contributed by atoms with Gasteiger partial charge >= 0.3 is 5.69 Å². The van der Waals surface area contributed by atoms with E-state index in [0.29, 0.717) is 17.6 Å². The molecule has 0 aliphatic rings. The molecule has 0 fully saturated rings. The molecule has 0 saturated carbocycles. The van der Waals surface area contributed by atoms with E-state index in [1.165, 1.54) is 70.3 Å². The first-order valence-electron chi connectivity index (χ1n) is 18.4. The summed E-state index contributed by atoms with van der Waals surface area (Å²) in [6.07, 6.45) is 28.1. The molecule has 1 heterocycles. The predicted molar refractivity (Wildman–Crippen MR) is 188 cm³/mol. The first-order valence-corrected chi connectivity index (χ1v) is 18.4. The lowest BCUT2D eigenvalue weighted by Crippen LogP contribution is -2.45. The van der Waals surface area contributed by atoms with Crippen LogP contribution in [-0.4, -0.2) is 56.7 Å². The lowest BCUT2D eigenvalue weighted by Gasteiger charge is -2.20. The van der Waals surface area contributed by atoms with Gasteiger partial charge in [-0.2, -0.15) is 0 Å². The van der Waals surface area contributed by atoms with Gasteiger partial charge in [0.2, 0.25) is 11.4 Å². The van der Waals surface area contributed by atoms with Crippen LogP contribution in [0.2, 0.25) is 0 Å². The van der Waals surface area contributed by atoms with Crippen LogP contribution in [0, 0.1) is 10.1 Å². The molecule has 1 amide bonds. The molecule has 266 valence electrons. The Kier molecular flexibility index (Phi) is 22.2. The largest absolute Gasteiger partial charge is 0.394 e. The highest BCUT2D eigenvalue weighted by molar-refractivity contribution is 5.93. The number of anilines is 1. The number of benzene rings is 1. The van der Waals surface area contributed by atoms with E-state index in [4.69, 9.17) is 4.63 Å². The third-order valence-electron chi connectivity index (χ3n) is 8.75. The van der Waals surface area contributed by atoms with Crippen molar-refractivity contribution in [2.24, 2.45) is 0 Å².